The summed E-state index contributed by atoms with van der Waals surface area (Å²) in [7, 11) is -1.53. The molecule has 1 atom stereocenters. The van der Waals surface area contributed by atoms with Crippen molar-refractivity contribution in [1.29, 1.82) is 0 Å². The van der Waals surface area contributed by atoms with Crippen LogP contribution in [0.5, 0.6) is 0 Å². The maximum Gasteiger partial charge on any atom is 0.249 e. The predicted octanol–water partition coefficient (Wildman–Crippen LogP) is 3.36. The minimum absolute atomic E-state index is 0.0495. The minimum atomic E-state index is -3.31. The van der Waals surface area contributed by atoms with Crippen molar-refractivity contribution in [3.8, 4) is 0 Å². The third-order valence-electron chi connectivity index (χ3n) is 6.23. The molecule has 2 aliphatic heterocycles. The van der Waals surface area contributed by atoms with Gasteiger partial charge in [0.1, 0.15) is 11.9 Å². The molecule has 2 aliphatic rings. The number of rotatable bonds is 5. The maximum absolute atomic E-state index is 12.8. The number of sulfone groups is 1. The second-order valence-electron chi connectivity index (χ2n) is 8.61. The van der Waals surface area contributed by atoms with Gasteiger partial charge in [0.2, 0.25) is 5.91 Å². The van der Waals surface area contributed by atoms with E-state index in [-0.39, 0.29) is 18.0 Å². The Kier molecular flexibility index (Phi) is 6.13. The Bertz CT molecular complexity index is 1100. The summed E-state index contributed by atoms with van der Waals surface area (Å²) in [5.74, 6) is 1.46. The Morgan fingerprint density at radius 2 is 1.75 bits per heavy atom. The fourth-order valence-electron chi connectivity index (χ4n) is 4.26. The Morgan fingerprint density at radius 1 is 1.09 bits per heavy atom. The van der Waals surface area contributed by atoms with Gasteiger partial charge in [-0.25, -0.2) is 13.4 Å². The number of anilines is 4. The largest absolute Gasteiger partial charge is 0.381 e. The second kappa shape index (κ2) is 8.71. The molecule has 32 heavy (non-hydrogen) atoms. The van der Waals surface area contributed by atoms with Crippen molar-refractivity contribution in [3.63, 3.8) is 0 Å². The zero-order valence-electron chi connectivity index (χ0n) is 18.9. The summed E-state index contributed by atoms with van der Waals surface area (Å²) in [5, 5.41) is 2.79. The van der Waals surface area contributed by atoms with Crippen molar-refractivity contribution in [2.24, 2.45) is 0 Å². The van der Waals surface area contributed by atoms with E-state index in [9.17, 15) is 13.2 Å². The van der Waals surface area contributed by atoms with Crippen LogP contribution in [0.25, 0.3) is 0 Å². The third kappa shape index (κ3) is 4.06. The number of fused-ring (bicyclic) bond motifs is 1. The summed E-state index contributed by atoms with van der Waals surface area (Å²) in [5.41, 5.74) is 1.52. The van der Waals surface area contributed by atoms with Crippen LogP contribution < -0.4 is 15.1 Å². The highest BCUT2D eigenvalue weighted by Crippen LogP contribution is 2.38. The molecule has 1 fully saturated rings. The average molecular weight is 459 g/mol. The number of carbonyl (C=O) groups excluding carboxylic acids is 1. The number of pyridine rings is 1. The standard InChI is InChI=1S/C23H30N4O4S/c1-15(2)32(29,30)19-7-5-17(6-8-19)24-21-10-9-20-22(25-21)27(16(3)23(28)26(20)4)18-11-13-31-14-12-18/h5-10,15-16,18H,11-14H2,1-4H3,(H,24,25)/t16-/m1/s1. The fourth-order valence-corrected chi connectivity index (χ4v) is 5.32. The number of benzene rings is 1. The highest BCUT2D eigenvalue weighted by molar-refractivity contribution is 7.92. The number of hydrogen-bond donors (Lipinski definition) is 1. The first-order valence-electron chi connectivity index (χ1n) is 11.0. The zero-order chi connectivity index (χ0) is 23.0. The van der Waals surface area contributed by atoms with E-state index in [1.54, 1.807) is 50.1 Å². The molecule has 1 amide bonds. The molecule has 9 heteroatoms. The Hall–Kier alpha value is -2.65. The number of aromatic nitrogens is 1. The monoisotopic (exact) mass is 458 g/mol. The van der Waals surface area contributed by atoms with Crippen LogP contribution in [0.1, 0.15) is 33.6 Å². The normalized spacial score (nSPS) is 19.9. The van der Waals surface area contributed by atoms with Crippen LogP contribution in [0.2, 0.25) is 0 Å². The molecular weight excluding hydrogens is 428 g/mol. The second-order valence-corrected chi connectivity index (χ2v) is 11.1. The van der Waals surface area contributed by atoms with Crippen molar-refractivity contribution >= 4 is 38.8 Å². The van der Waals surface area contributed by atoms with Gasteiger partial charge in [0, 0.05) is 32.0 Å². The van der Waals surface area contributed by atoms with Crippen LogP contribution in [-0.2, 0) is 19.4 Å². The van der Waals surface area contributed by atoms with E-state index in [2.05, 4.69) is 10.2 Å². The highest BCUT2D eigenvalue weighted by atomic mass is 32.2. The number of nitrogens with one attached hydrogen (secondary N) is 1. The molecule has 1 aromatic heterocycles. The molecule has 1 N–H and O–H groups in total. The first-order chi connectivity index (χ1) is 15.2. The van der Waals surface area contributed by atoms with Gasteiger partial charge in [-0.15, -0.1) is 0 Å². The van der Waals surface area contributed by atoms with Crippen LogP contribution in [-0.4, -0.2) is 56.9 Å². The van der Waals surface area contributed by atoms with Crippen LogP contribution >= 0.6 is 0 Å². The summed E-state index contributed by atoms with van der Waals surface area (Å²) in [6.45, 7) is 6.62. The van der Waals surface area contributed by atoms with Gasteiger partial charge in [0.15, 0.2) is 15.7 Å². The number of ether oxygens (including phenoxy) is 1. The molecule has 0 saturated carbocycles. The lowest BCUT2D eigenvalue weighted by Crippen LogP contribution is -2.56. The molecule has 0 radical (unpaired) electrons. The van der Waals surface area contributed by atoms with Gasteiger partial charge in [-0.3, -0.25) is 4.79 Å². The molecule has 172 valence electrons. The number of carbonyl (C=O) groups is 1. The van der Waals surface area contributed by atoms with Gasteiger partial charge in [-0.2, -0.15) is 0 Å². The van der Waals surface area contributed by atoms with Crippen molar-refractivity contribution in [3.05, 3.63) is 36.4 Å². The lowest BCUT2D eigenvalue weighted by molar-refractivity contribution is -0.119. The van der Waals surface area contributed by atoms with E-state index in [1.165, 1.54) is 0 Å². The van der Waals surface area contributed by atoms with E-state index < -0.39 is 15.1 Å². The van der Waals surface area contributed by atoms with Gasteiger partial charge in [0.05, 0.1) is 15.8 Å². The molecule has 8 nitrogen and oxygen atoms in total. The SMILES string of the molecule is CC(C)S(=O)(=O)c1ccc(Nc2ccc3c(n2)N(C2CCOCC2)[C@H](C)C(=O)N3C)cc1. The first kappa shape index (κ1) is 22.5. The number of nitrogens with zero attached hydrogens (tertiary/aromatic N) is 3. The summed E-state index contributed by atoms with van der Waals surface area (Å²) < 4.78 is 30.2. The average Bonchev–Trinajstić information content (AvgIpc) is 2.78. The molecule has 0 bridgehead atoms. The molecule has 2 aromatic rings. The van der Waals surface area contributed by atoms with E-state index in [4.69, 9.17) is 9.72 Å². The minimum Gasteiger partial charge on any atom is -0.381 e. The smallest absolute Gasteiger partial charge is 0.249 e. The molecule has 0 aliphatic carbocycles. The number of hydrogen-bond acceptors (Lipinski definition) is 7. The van der Waals surface area contributed by atoms with Gasteiger partial charge >= 0.3 is 0 Å². The summed E-state index contributed by atoms with van der Waals surface area (Å²) in [6.07, 6.45) is 1.71. The van der Waals surface area contributed by atoms with E-state index >= 15 is 0 Å². The Balaban J connectivity index is 1.64. The Labute approximate surface area is 189 Å². The van der Waals surface area contributed by atoms with Crippen molar-refractivity contribution in [2.45, 2.75) is 55.8 Å². The number of amides is 1. The quantitative estimate of drug-likeness (QED) is 0.734. The van der Waals surface area contributed by atoms with E-state index in [0.717, 1.165) is 30.0 Å². The molecule has 3 heterocycles. The molecule has 4 rings (SSSR count). The van der Waals surface area contributed by atoms with E-state index in [1.807, 2.05) is 19.1 Å². The highest BCUT2D eigenvalue weighted by Gasteiger charge is 2.39. The van der Waals surface area contributed by atoms with Gasteiger partial charge in [-0.1, -0.05) is 0 Å². The lowest BCUT2D eigenvalue weighted by atomic mass is 10.0. The van der Waals surface area contributed by atoms with Crippen LogP contribution in [0.4, 0.5) is 23.0 Å². The van der Waals surface area contributed by atoms with Gasteiger partial charge < -0.3 is 19.9 Å². The van der Waals surface area contributed by atoms with Crippen LogP contribution in [0.3, 0.4) is 0 Å². The molecule has 0 unspecified atom stereocenters. The topological polar surface area (TPSA) is 91.8 Å². The fraction of sp³-hybridized carbons (Fsp3) is 0.478. The third-order valence-corrected chi connectivity index (χ3v) is 8.40. The van der Waals surface area contributed by atoms with Crippen LogP contribution in [0, 0.1) is 0 Å². The molecule has 1 saturated heterocycles. The van der Waals surface area contributed by atoms with Crippen molar-refractivity contribution in [2.75, 3.05) is 35.4 Å². The lowest BCUT2D eigenvalue weighted by Gasteiger charge is -2.44. The molecule has 1 aromatic carbocycles. The summed E-state index contributed by atoms with van der Waals surface area (Å²) in [4.78, 5) is 21.8. The molecule has 0 spiro atoms. The summed E-state index contributed by atoms with van der Waals surface area (Å²) >= 11 is 0. The van der Waals surface area contributed by atoms with Crippen molar-refractivity contribution < 1.29 is 17.9 Å². The van der Waals surface area contributed by atoms with E-state index in [0.29, 0.717) is 23.9 Å². The van der Waals surface area contributed by atoms with Crippen molar-refractivity contribution in [1.82, 2.24) is 4.98 Å². The molecular formula is C23H30N4O4S. The maximum atomic E-state index is 12.8. The Morgan fingerprint density at radius 3 is 2.38 bits per heavy atom. The first-order valence-corrected chi connectivity index (χ1v) is 12.5. The number of likely N-dealkylation sites (N-methyl/N-ethyl adjacent to an activating group) is 1. The van der Waals surface area contributed by atoms with Gasteiger partial charge in [0.25, 0.3) is 0 Å². The predicted molar refractivity (Wildman–Crippen MR) is 125 cm³/mol. The van der Waals surface area contributed by atoms with Gasteiger partial charge in [-0.05, 0) is 70.0 Å². The zero-order valence-corrected chi connectivity index (χ0v) is 19.7. The summed E-state index contributed by atoms with van der Waals surface area (Å²) in [6, 6.07) is 10.3. The van der Waals surface area contributed by atoms with Crippen LogP contribution in [0.15, 0.2) is 41.3 Å².